The van der Waals surface area contributed by atoms with Crippen LogP contribution in [0.25, 0.3) is 0 Å². The Balaban J connectivity index is 3.07. The maximum Gasteiger partial charge on any atom is 0.109 e. The summed E-state index contributed by atoms with van der Waals surface area (Å²) in [6.07, 6.45) is 0. The lowest BCUT2D eigenvalue weighted by molar-refractivity contribution is 0.414. The van der Waals surface area contributed by atoms with Gasteiger partial charge in [0.15, 0.2) is 0 Å². The van der Waals surface area contributed by atoms with E-state index in [-0.39, 0.29) is 0 Å². The van der Waals surface area contributed by atoms with Crippen LogP contribution in [0, 0.1) is 20.5 Å². The molecule has 0 aromatic heterocycles. The monoisotopic (exact) mass is 135 g/mol. The summed E-state index contributed by atoms with van der Waals surface area (Å²) in [6.45, 7) is 5.15. The summed E-state index contributed by atoms with van der Waals surface area (Å²) in [7, 11) is 0. The highest BCUT2D eigenvalue weighted by atomic mass is 16.3. The Hall–Kier alpha value is -0.820. The topological polar surface area (TPSA) is 20.2 Å². The third-order valence-electron chi connectivity index (χ3n) is 1.56. The van der Waals surface area contributed by atoms with Gasteiger partial charge in [0.05, 0.1) is 0 Å². The Morgan fingerprint density at radius 2 is 2.00 bits per heavy atom. The van der Waals surface area contributed by atoms with E-state index in [2.05, 4.69) is 0 Å². The molecule has 1 nitrogen and oxygen atoms in total. The molecule has 0 unspecified atom stereocenters. The van der Waals surface area contributed by atoms with Gasteiger partial charge in [-0.3, -0.25) is 0 Å². The summed E-state index contributed by atoms with van der Waals surface area (Å²) < 4.78 is 0. The van der Waals surface area contributed by atoms with E-state index in [0.717, 1.165) is 17.7 Å². The average molecular weight is 135 g/mol. The van der Waals surface area contributed by atoms with Crippen LogP contribution in [0.1, 0.15) is 16.7 Å². The van der Waals surface area contributed by atoms with E-state index in [1.165, 1.54) is 5.56 Å². The number of benzene rings is 1. The molecular weight excluding hydrogens is 124 g/mol. The highest BCUT2D eigenvalue weighted by Crippen LogP contribution is 2.10. The van der Waals surface area contributed by atoms with Crippen LogP contribution in [-0.2, 0) is 0 Å². The Labute approximate surface area is 61.3 Å². The zero-order valence-electron chi connectivity index (χ0n) is 6.26. The van der Waals surface area contributed by atoms with Crippen molar-refractivity contribution in [2.45, 2.75) is 13.8 Å². The first-order valence-electron chi connectivity index (χ1n) is 3.28. The lowest BCUT2D eigenvalue weighted by Crippen LogP contribution is -1.85. The molecule has 0 heterocycles. The minimum atomic E-state index is 0.894. The first-order valence-corrected chi connectivity index (χ1v) is 3.28. The van der Waals surface area contributed by atoms with Crippen LogP contribution in [0.15, 0.2) is 18.2 Å². The summed E-state index contributed by atoms with van der Waals surface area (Å²) in [6, 6.07) is 5.93. The molecule has 1 N–H and O–H groups in total. The summed E-state index contributed by atoms with van der Waals surface area (Å²) in [5.74, 6) is 0. The minimum absolute atomic E-state index is 0.894. The van der Waals surface area contributed by atoms with Crippen molar-refractivity contribution in [1.82, 2.24) is 0 Å². The van der Waals surface area contributed by atoms with E-state index >= 15 is 0 Å². The van der Waals surface area contributed by atoms with E-state index in [4.69, 9.17) is 5.11 Å². The third kappa shape index (κ3) is 1.36. The van der Waals surface area contributed by atoms with Crippen molar-refractivity contribution >= 4 is 0 Å². The molecule has 0 fully saturated rings. The molecule has 0 atom stereocenters. The molecule has 0 aliphatic heterocycles. The number of aliphatic hydroxyl groups is 1. The van der Waals surface area contributed by atoms with Crippen LogP contribution in [-0.4, -0.2) is 5.11 Å². The fourth-order valence-electron chi connectivity index (χ4n) is 0.970. The Bertz CT molecular complexity index is 228. The van der Waals surface area contributed by atoms with Crippen molar-refractivity contribution in [1.29, 1.82) is 0 Å². The highest BCUT2D eigenvalue weighted by molar-refractivity contribution is 5.33. The second-order valence-electron chi connectivity index (χ2n) is 2.49. The van der Waals surface area contributed by atoms with E-state index in [1.54, 1.807) is 0 Å². The van der Waals surface area contributed by atoms with Gasteiger partial charge in [0.25, 0.3) is 0 Å². The zero-order chi connectivity index (χ0) is 7.56. The number of rotatable bonds is 1. The van der Waals surface area contributed by atoms with E-state index in [0.29, 0.717) is 0 Å². The van der Waals surface area contributed by atoms with Gasteiger partial charge in [-0.05, 0) is 25.0 Å². The van der Waals surface area contributed by atoms with Crippen molar-refractivity contribution in [3.8, 4) is 0 Å². The van der Waals surface area contributed by atoms with Gasteiger partial charge >= 0.3 is 0 Å². The van der Waals surface area contributed by atoms with Gasteiger partial charge in [0.2, 0.25) is 0 Å². The fourth-order valence-corrected chi connectivity index (χ4v) is 0.970. The molecule has 0 aliphatic rings. The largest absolute Gasteiger partial charge is 0.385 e. The van der Waals surface area contributed by atoms with E-state index in [1.807, 2.05) is 32.0 Å². The second kappa shape index (κ2) is 2.84. The molecule has 0 saturated heterocycles. The standard InChI is InChI=1S/C9H11O/c1-7-3-4-9(6-10)8(2)5-7/h3-6,10H,1-2H3. The van der Waals surface area contributed by atoms with Gasteiger partial charge in [-0.2, -0.15) is 0 Å². The van der Waals surface area contributed by atoms with Crippen LogP contribution < -0.4 is 0 Å². The van der Waals surface area contributed by atoms with Crippen molar-refractivity contribution in [2.24, 2.45) is 0 Å². The second-order valence-corrected chi connectivity index (χ2v) is 2.49. The molecule has 1 aromatic carbocycles. The summed E-state index contributed by atoms with van der Waals surface area (Å²) in [5.41, 5.74) is 3.23. The van der Waals surface area contributed by atoms with Crippen LogP contribution in [0.5, 0.6) is 0 Å². The van der Waals surface area contributed by atoms with Crippen molar-refractivity contribution < 1.29 is 5.11 Å². The Morgan fingerprint density at radius 1 is 1.30 bits per heavy atom. The fraction of sp³-hybridized carbons (Fsp3) is 0.222. The van der Waals surface area contributed by atoms with Gasteiger partial charge in [-0.1, -0.05) is 23.8 Å². The molecule has 0 spiro atoms. The third-order valence-corrected chi connectivity index (χ3v) is 1.56. The van der Waals surface area contributed by atoms with Crippen molar-refractivity contribution in [3.63, 3.8) is 0 Å². The van der Waals surface area contributed by atoms with Crippen molar-refractivity contribution in [2.75, 3.05) is 0 Å². The SMILES string of the molecule is Cc1ccc([CH]O)c(C)c1. The van der Waals surface area contributed by atoms with Crippen LogP contribution in [0.2, 0.25) is 0 Å². The maximum absolute atomic E-state index is 8.68. The van der Waals surface area contributed by atoms with Crippen LogP contribution >= 0.6 is 0 Å². The Morgan fingerprint density at radius 3 is 2.50 bits per heavy atom. The minimum Gasteiger partial charge on any atom is -0.385 e. The Kier molecular flexibility index (Phi) is 2.07. The first-order chi connectivity index (χ1) is 4.74. The quantitative estimate of drug-likeness (QED) is 0.625. The molecule has 0 saturated carbocycles. The lowest BCUT2D eigenvalue weighted by atomic mass is 10.1. The molecular formula is C9H11O. The molecule has 1 heteroatoms. The molecule has 10 heavy (non-hydrogen) atoms. The number of aryl methyl sites for hydroxylation is 2. The highest BCUT2D eigenvalue weighted by Gasteiger charge is 1.94. The summed E-state index contributed by atoms with van der Waals surface area (Å²) in [5, 5.41) is 8.68. The zero-order valence-corrected chi connectivity index (χ0v) is 6.26. The molecule has 53 valence electrons. The lowest BCUT2D eigenvalue weighted by Gasteiger charge is -2.00. The van der Waals surface area contributed by atoms with Gasteiger partial charge in [-0.25, -0.2) is 0 Å². The van der Waals surface area contributed by atoms with Gasteiger partial charge < -0.3 is 5.11 Å². The van der Waals surface area contributed by atoms with E-state index < -0.39 is 0 Å². The average Bonchev–Trinajstić information content (AvgIpc) is 1.88. The maximum atomic E-state index is 8.68. The predicted octanol–water partition coefficient (Wildman–Crippen LogP) is 2.19. The van der Waals surface area contributed by atoms with Gasteiger partial charge in [-0.15, -0.1) is 0 Å². The van der Waals surface area contributed by atoms with Gasteiger partial charge in [0, 0.05) is 0 Å². The number of hydrogen-bond acceptors (Lipinski definition) is 1. The summed E-state index contributed by atoms with van der Waals surface area (Å²) >= 11 is 0. The normalized spacial score (nSPS) is 9.90. The number of aliphatic hydroxyl groups excluding tert-OH is 1. The van der Waals surface area contributed by atoms with Crippen LogP contribution in [0.3, 0.4) is 0 Å². The molecule has 1 rings (SSSR count). The van der Waals surface area contributed by atoms with Crippen molar-refractivity contribution in [3.05, 3.63) is 41.5 Å². The molecule has 0 amide bonds. The molecule has 1 aromatic rings. The molecule has 1 radical (unpaired) electrons. The summed E-state index contributed by atoms with van der Waals surface area (Å²) in [4.78, 5) is 0. The predicted molar refractivity (Wildman–Crippen MR) is 41.3 cm³/mol. The smallest absolute Gasteiger partial charge is 0.109 e. The number of hydrogen-bond donors (Lipinski definition) is 1. The molecule has 0 aliphatic carbocycles. The van der Waals surface area contributed by atoms with Gasteiger partial charge in [0.1, 0.15) is 6.61 Å². The van der Waals surface area contributed by atoms with E-state index in [9.17, 15) is 0 Å². The first kappa shape index (κ1) is 7.29. The molecule has 0 bridgehead atoms. The van der Waals surface area contributed by atoms with Crippen LogP contribution in [0.4, 0.5) is 0 Å².